The van der Waals surface area contributed by atoms with Crippen LogP contribution in [-0.4, -0.2) is 14.2 Å². The van der Waals surface area contributed by atoms with Gasteiger partial charge >= 0.3 is 0 Å². The Morgan fingerprint density at radius 2 is 1.89 bits per heavy atom. The van der Waals surface area contributed by atoms with Gasteiger partial charge in [-0.3, -0.25) is 0 Å². The Morgan fingerprint density at radius 1 is 1.16 bits per heavy atom. The van der Waals surface area contributed by atoms with Gasteiger partial charge in [-0.05, 0) is 49.0 Å². The van der Waals surface area contributed by atoms with Crippen molar-refractivity contribution >= 4 is 23.4 Å². The molecule has 0 saturated carbocycles. The second-order valence-electron chi connectivity index (χ2n) is 4.02. The van der Waals surface area contributed by atoms with Crippen molar-refractivity contribution in [3.63, 3.8) is 0 Å². The van der Waals surface area contributed by atoms with Gasteiger partial charge in [0.25, 0.3) is 0 Å². The molecule has 0 fully saturated rings. The molecular formula is C15H16ClNOS. The molecule has 2 nitrogen and oxygen atoms in total. The van der Waals surface area contributed by atoms with E-state index >= 15 is 0 Å². The van der Waals surface area contributed by atoms with Crippen LogP contribution in [0.5, 0.6) is 5.75 Å². The van der Waals surface area contributed by atoms with Crippen molar-refractivity contribution in [1.29, 1.82) is 0 Å². The topological polar surface area (TPSA) is 21.3 Å². The predicted octanol–water partition coefficient (Wildman–Crippen LogP) is 4.22. The van der Waals surface area contributed by atoms with E-state index in [4.69, 9.17) is 16.3 Å². The summed E-state index contributed by atoms with van der Waals surface area (Å²) in [7, 11) is 3.59. The molecule has 0 spiro atoms. The molecule has 0 unspecified atom stereocenters. The van der Waals surface area contributed by atoms with Crippen molar-refractivity contribution < 1.29 is 4.74 Å². The molecule has 0 radical (unpaired) electrons. The molecule has 19 heavy (non-hydrogen) atoms. The molecule has 0 bridgehead atoms. The highest BCUT2D eigenvalue weighted by Crippen LogP contribution is 2.34. The van der Waals surface area contributed by atoms with Gasteiger partial charge in [0.05, 0.1) is 7.11 Å². The molecule has 2 rings (SSSR count). The van der Waals surface area contributed by atoms with Gasteiger partial charge in [-0.15, -0.1) is 0 Å². The third kappa shape index (κ3) is 3.66. The molecular weight excluding hydrogens is 278 g/mol. The SMILES string of the molecule is CNCc1c(Cl)cccc1Sc1ccc(OC)cc1. The summed E-state index contributed by atoms with van der Waals surface area (Å²) in [5.41, 5.74) is 1.13. The standard InChI is InChI=1S/C15H16ClNOS/c1-17-10-13-14(16)4-3-5-15(13)19-12-8-6-11(18-2)7-9-12/h3-9,17H,10H2,1-2H3. The van der Waals surface area contributed by atoms with Crippen LogP contribution in [0, 0.1) is 0 Å². The summed E-state index contributed by atoms with van der Waals surface area (Å²) < 4.78 is 5.16. The second-order valence-corrected chi connectivity index (χ2v) is 5.55. The molecule has 4 heteroatoms. The number of methoxy groups -OCH3 is 1. The lowest BCUT2D eigenvalue weighted by Gasteiger charge is -2.11. The van der Waals surface area contributed by atoms with Crippen molar-refractivity contribution in [3.8, 4) is 5.75 Å². The van der Waals surface area contributed by atoms with Gasteiger partial charge in [0.1, 0.15) is 5.75 Å². The number of hydrogen-bond donors (Lipinski definition) is 1. The number of hydrogen-bond acceptors (Lipinski definition) is 3. The lowest BCUT2D eigenvalue weighted by atomic mass is 10.2. The number of rotatable bonds is 5. The molecule has 1 N–H and O–H groups in total. The van der Waals surface area contributed by atoms with Gasteiger partial charge < -0.3 is 10.1 Å². The van der Waals surface area contributed by atoms with E-state index in [0.29, 0.717) is 0 Å². The fourth-order valence-electron chi connectivity index (χ4n) is 1.75. The molecule has 0 heterocycles. The summed E-state index contributed by atoms with van der Waals surface area (Å²) in [6.45, 7) is 0.762. The first-order valence-corrected chi connectivity index (χ1v) is 7.18. The zero-order valence-corrected chi connectivity index (χ0v) is 12.5. The van der Waals surface area contributed by atoms with Crippen LogP contribution in [0.3, 0.4) is 0 Å². The minimum absolute atomic E-state index is 0.762. The molecule has 0 aliphatic rings. The largest absolute Gasteiger partial charge is 0.497 e. The quantitative estimate of drug-likeness (QED) is 0.892. The van der Waals surface area contributed by atoms with Gasteiger partial charge in [-0.1, -0.05) is 29.4 Å². The molecule has 0 atom stereocenters. The lowest BCUT2D eigenvalue weighted by molar-refractivity contribution is 0.414. The van der Waals surface area contributed by atoms with Crippen molar-refractivity contribution in [3.05, 3.63) is 53.1 Å². The lowest BCUT2D eigenvalue weighted by Crippen LogP contribution is -2.06. The maximum Gasteiger partial charge on any atom is 0.118 e. The maximum atomic E-state index is 6.25. The molecule has 0 saturated heterocycles. The Labute approximate surface area is 123 Å². The first-order chi connectivity index (χ1) is 9.24. The van der Waals surface area contributed by atoms with E-state index in [1.165, 1.54) is 9.79 Å². The monoisotopic (exact) mass is 293 g/mol. The Hall–Kier alpha value is -1.16. The maximum absolute atomic E-state index is 6.25. The van der Waals surface area contributed by atoms with Crippen molar-refractivity contribution in [2.75, 3.05) is 14.2 Å². The average molecular weight is 294 g/mol. The summed E-state index contributed by atoms with van der Waals surface area (Å²) in [6.07, 6.45) is 0. The molecule has 0 aromatic heterocycles. The smallest absolute Gasteiger partial charge is 0.118 e. The van der Waals surface area contributed by atoms with Gasteiger partial charge in [-0.2, -0.15) is 0 Å². The Bertz CT molecular complexity index is 542. The third-order valence-electron chi connectivity index (χ3n) is 2.72. The van der Waals surface area contributed by atoms with Crippen LogP contribution in [0.15, 0.2) is 52.3 Å². The van der Waals surface area contributed by atoms with Crippen molar-refractivity contribution in [2.24, 2.45) is 0 Å². The molecule has 2 aromatic rings. The second kappa shape index (κ2) is 6.85. The highest BCUT2D eigenvalue weighted by atomic mass is 35.5. The third-order valence-corrected chi connectivity index (χ3v) is 4.18. The minimum Gasteiger partial charge on any atom is -0.497 e. The zero-order chi connectivity index (χ0) is 13.7. The van der Waals surface area contributed by atoms with E-state index in [9.17, 15) is 0 Å². The summed E-state index contributed by atoms with van der Waals surface area (Å²) in [4.78, 5) is 2.34. The molecule has 0 amide bonds. The van der Waals surface area contributed by atoms with E-state index < -0.39 is 0 Å². The predicted molar refractivity (Wildman–Crippen MR) is 81.3 cm³/mol. The molecule has 2 aromatic carbocycles. The molecule has 100 valence electrons. The van der Waals surface area contributed by atoms with Crippen LogP contribution in [0.4, 0.5) is 0 Å². The fourth-order valence-corrected chi connectivity index (χ4v) is 3.03. The van der Waals surface area contributed by atoms with Crippen LogP contribution in [0.1, 0.15) is 5.56 Å². The van der Waals surface area contributed by atoms with Gasteiger partial charge in [0, 0.05) is 21.4 Å². The van der Waals surface area contributed by atoms with Gasteiger partial charge in [-0.25, -0.2) is 0 Å². The minimum atomic E-state index is 0.762. The van der Waals surface area contributed by atoms with E-state index in [-0.39, 0.29) is 0 Å². The summed E-state index contributed by atoms with van der Waals surface area (Å²) in [5, 5.41) is 3.95. The van der Waals surface area contributed by atoms with Crippen molar-refractivity contribution in [2.45, 2.75) is 16.3 Å². The highest BCUT2D eigenvalue weighted by molar-refractivity contribution is 7.99. The van der Waals surface area contributed by atoms with Crippen LogP contribution in [0.2, 0.25) is 5.02 Å². The number of benzene rings is 2. The Balaban J connectivity index is 2.24. The van der Waals surface area contributed by atoms with Crippen LogP contribution < -0.4 is 10.1 Å². The highest BCUT2D eigenvalue weighted by Gasteiger charge is 2.07. The van der Waals surface area contributed by atoms with E-state index in [1.807, 2.05) is 43.4 Å². The molecule has 0 aliphatic carbocycles. The van der Waals surface area contributed by atoms with Gasteiger partial charge in [0.2, 0.25) is 0 Å². The number of ether oxygens (including phenoxy) is 1. The van der Waals surface area contributed by atoms with E-state index in [0.717, 1.165) is 22.9 Å². The first kappa shape index (κ1) is 14.3. The summed E-state index contributed by atoms with van der Waals surface area (Å²) >= 11 is 7.96. The number of nitrogens with one attached hydrogen (secondary N) is 1. The molecule has 0 aliphatic heterocycles. The Morgan fingerprint density at radius 3 is 2.53 bits per heavy atom. The van der Waals surface area contributed by atoms with Crippen LogP contribution in [-0.2, 0) is 6.54 Å². The van der Waals surface area contributed by atoms with E-state index in [1.54, 1.807) is 18.9 Å². The normalized spacial score (nSPS) is 10.5. The fraction of sp³-hybridized carbons (Fsp3) is 0.200. The summed E-state index contributed by atoms with van der Waals surface area (Å²) in [5.74, 6) is 0.867. The Kier molecular flexibility index (Phi) is 5.14. The van der Waals surface area contributed by atoms with Crippen molar-refractivity contribution in [1.82, 2.24) is 5.32 Å². The zero-order valence-electron chi connectivity index (χ0n) is 10.9. The average Bonchev–Trinajstić information content (AvgIpc) is 2.43. The van der Waals surface area contributed by atoms with Crippen LogP contribution >= 0.6 is 23.4 Å². The van der Waals surface area contributed by atoms with Gasteiger partial charge in [0.15, 0.2) is 0 Å². The number of halogens is 1. The van der Waals surface area contributed by atoms with Crippen LogP contribution in [0.25, 0.3) is 0 Å². The summed E-state index contributed by atoms with van der Waals surface area (Å²) in [6, 6.07) is 14.0. The first-order valence-electron chi connectivity index (χ1n) is 5.98. The van der Waals surface area contributed by atoms with E-state index in [2.05, 4.69) is 11.4 Å².